The molecule has 0 radical (unpaired) electrons. The predicted molar refractivity (Wildman–Crippen MR) is 84.4 cm³/mol. The van der Waals surface area contributed by atoms with Crippen LogP contribution in [0.2, 0.25) is 0 Å². The molecule has 1 heterocycles. The molecule has 1 amide bonds. The topological polar surface area (TPSA) is 50.8 Å². The summed E-state index contributed by atoms with van der Waals surface area (Å²) in [5, 5.41) is 3.19. The third-order valence-electron chi connectivity index (χ3n) is 3.95. The average molecular weight is 316 g/mol. The number of nitrogens with one attached hydrogen (secondary N) is 1. The van der Waals surface area contributed by atoms with Crippen molar-refractivity contribution in [2.24, 2.45) is 0 Å². The number of ether oxygens (including phenoxy) is 2. The van der Waals surface area contributed by atoms with E-state index < -0.39 is 6.17 Å². The zero-order valence-corrected chi connectivity index (χ0v) is 13.1. The van der Waals surface area contributed by atoms with Crippen LogP contribution in [0, 0.1) is 5.82 Å². The molecule has 120 valence electrons. The fourth-order valence-electron chi connectivity index (χ4n) is 2.71. The van der Waals surface area contributed by atoms with E-state index in [4.69, 9.17) is 9.47 Å². The Morgan fingerprint density at radius 2 is 1.78 bits per heavy atom. The first-order valence-corrected chi connectivity index (χ1v) is 7.11. The van der Waals surface area contributed by atoms with Crippen molar-refractivity contribution >= 4 is 11.6 Å². The number of fused-ring (bicyclic) bond motifs is 1. The van der Waals surface area contributed by atoms with Crippen LogP contribution in [0.1, 0.15) is 22.1 Å². The monoisotopic (exact) mass is 316 g/mol. The highest BCUT2D eigenvalue weighted by molar-refractivity contribution is 6.02. The van der Waals surface area contributed by atoms with Crippen LogP contribution in [0.5, 0.6) is 11.5 Å². The van der Waals surface area contributed by atoms with Crippen molar-refractivity contribution in [3.8, 4) is 11.5 Å². The van der Waals surface area contributed by atoms with Crippen molar-refractivity contribution < 1.29 is 18.7 Å². The van der Waals surface area contributed by atoms with Gasteiger partial charge in [-0.25, -0.2) is 4.39 Å². The molecule has 1 aliphatic heterocycles. The van der Waals surface area contributed by atoms with Crippen LogP contribution in [-0.4, -0.2) is 32.1 Å². The molecule has 0 saturated heterocycles. The van der Waals surface area contributed by atoms with Crippen molar-refractivity contribution in [2.45, 2.75) is 6.17 Å². The summed E-state index contributed by atoms with van der Waals surface area (Å²) in [6.07, 6.45) is -0.589. The van der Waals surface area contributed by atoms with Crippen molar-refractivity contribution in [1.82, 2.24) is 4.90 Å². The van der Waals surface area contributed by atoms with E-state index >= 15 is 0 Å². The van der Waals surface area contributed by atoms with Crippen LogP contribution in [0.4, 0.5) is 10.1 Å². The molecule has 1 aliphatic rings. The molecule has 1 unspecified atom stereocenters. The number of carbonyl (C=O) groups excluding carboxylic acids is 1. The molecule has 1 atom stereocenters. The number of methoxy groups -OCH3 is 2. The lowest BCUT2D eigenvalue weighted by Gasteiger charge is -2.36. The molecule has 0 aliphatic carbocycles. The van der Waals surface area contributed by atoms with E-state index in [0.717, 1.165) is 0 Å². The Morgan fingerprint density at radius 1 is 1.13 bits per heavy atom. The quantitative estimate of drug-likeness (QED) is 0.945. The molecule has 0 saturated carbocycles. The second kappa shape index (κ2) is 5.79. The molecular formula is C17H17FN2O3. The summed E-state index contributed by atoms with van der Waals surface area (Å²) < 4.78 is 24.6. The van der Waals surface area contributed by atoms with Gasteiger partial charge in [-0.2, -0.15) is 0 Å². The van der Waals surface area contributed by atoms with E-state index in [-0.39, 0.29) is 11.7 Å². The minimum atomic E-state index is -0.589. The maximum absolute atomic E-state index is 14.1. The number of halogens is 1. The standard InChI is InChI=1S/C17H17FN2O3/c1-20-16(10-6-4-5-7-12(10)18)19-13-9-15(23-3)14(22-2)8-11(13)17(20)21/h4-9,16,19H,1-3H3. The normalized spacial score (nSPS) is 16.6. The Kier molecular flexibility index (Phi) is 3.82. The Balaban J connectivity index is 2.08. The van der Waals surface area contributed by atoms with Crippen LogP contribution < -0.4 is 14.8 Å². The molecule has 3 rings (SSSR count). The first-order chi connectivity index (χ1) is 11.1. The van der Waals surface area contributed by atoms with Crippen LogP contribution in [0.3, 0.4) is 0 Å². The maximum Gasteiger partial charge on any atom is 0.257 e. The second-order valence-corrected chi connectivity index (χ2v) is 5.24. The number of hydrogen-bond donors (Lipinski definition) is 1. The number of rotatable bonds is 3. The second-order valence-electron chi connectivity index (χ2n) is 5.24. The SMILES string of the molecule is COc1cc2c(cc1OC)C(=O)N(C)C(c1ccccc1F)N2. The molecule has 6 heteroatoms. The number of nitrogens with zero attached hydrogens (tertiary/aromatic N) is 1. The Hall–Kier alpha value is -2.76. The zero-order chi connectivity index (χ0) is 16.6. The minimum absolute atomic E-state index is 0.215. The molecule has 2 aromatic carbocycles. The van der Waals surface area contributed by atoms with Gasteiger partial charge in [0.25, 0.3) is 5.91 Å². The van der Waals surface area contributed by atoms with Crippen LogP contribution >= 0.6 is 0 Å². The summed E-state index contributed by atoms with van der Waals surface area (Å²) in [5.74, 6) is 0.393. The molecule has 5 nitrogen and oxygen atoms in total. The highest BCUT2D eigenvalue weighted by Gasteiger charge is 2.32. The van der Waals surface area contributed by atoms with Crippen LogP contribution in [0.25, 0.3) is 0 Å². The van der Waals surface area contributed by atoms with Gasteiger partial charge in [0.2, 0.25) is 0 Å². The lowest BCUT2D eigenvalue weighted by atomic mass is 10.0. The van der Waals surface area contributed by atoms with Crippen molar-refractivity contribution in [1.29, 1.82) is 0 Å². The average Bonchev–Trinajstić information content (AvgIpc) is 2.57. The Morgan fingerprint density at radius 3 is 2.43 bits per heavy atom. The molecule has 0 fully saturated rings. The van der Waals surface area contributed by atoms with Crippen molar-refractivity contribution in [2.75, 3.05) is 26.6 Å². The molecule has 23 heavy (non-hydrogen) atoms. The van der Waals surface area contributed by atoms with Gasteiger partial charge in [0.15, 0.2) is 11.5 Å². The Bertz CT molecular complexity index is 763. The first-order valence-electron chi connectivity index (χ1n) is 7.11. The fourth-order valence-corrected chi connectivity index (χ4v) is 2.71. The van der Waals surface area contributed by atoms with Gasteiger partial charge in [-0.3, -0.25) is 4.79 Å². The van der Waals surface area contributed by atoms with E-state index in [2.05, 4.69) is 5.32 Å². The first kappa shape index (κ1) is 15.1. The third-order valence-corrected chi connectivity index (χ3v) is 3.95. The number of benzene rings is 2. The number of carbonyl (C=O) groups is 1. The molecule has 0 aromatic heterocycles. The van der Waals surface area contributed by atoms with Gasteiger partial charge in [0, 0.05) is 18.7 Å². The van der Waals surface area contributed by atoms with Crippen LogP contribution in [0.15, 0.2) is 36.4 Å². The summed E-state index contributed by atoms with van der Waals surface area (Å²) in [5.41, 5.74) is 1.44. The van der Waals surface area contributed by atoms with Crippen molar-refractivity contribution in [3.05, 3.63) is 53.3 Å². The molecule has 0 spiro atoms. The lowest BCUT2D eigenvalue weighted by Crippen LogP contribution is -2.40. The smallest absolute Gasteiger partial charge is 0.257 e. The van der Waals surface area contributed by atoms with E-state index in [9.17, 15) is 9.18 Å². The van der Waals surface area contributed by atoms with Gasteiger partial charge in [0.1, 0.15) is 12.0 Å². The van der Waals surface area contributed by atoms with Gasteiger partial charge in [-0.15, -0.1) is 0 Å². The molecule has 1 N–H and O–H groups in total. The lowest BCUT2D eigenvalue weighted by molar-refractivity contribution is 0.0732. The van der Waals surface area contributed by atoms with E-state index in [1.54, 1.807) is 37.4 Å². The van der Waals surface area contributed by atoms with Crippen LogP contribution in [-0.2, 0) is 0 Å². The van der Waals surface area contributed by atoms with E-state index in [1.807, 2.05) is 0 Å². The van der Waals surface area contributed by atoms with Gasteiger partial charge < -0.3 is 19.7 Å². The number of amides is 1. The van der Waals surface area contributed by atoms with Gasteiger partial charge >= 0.3 is 0 Å². The van der Waals surface area contributed by atoms with Gasteiger partial charge in [-0.05, 0) is 12.1 Å². The number of anilines is 1. The van der Waals surface area contributed by atoms with E-state index in [1.165, 1.54) is 25.2 Å². The molecule has 0 bridgehead atoms. The van der Waals surface area contributed by atoms with Gasteiger partial charge in [0.05, 0.1) is 25.5 Å². The minimum Gasteiger partial charge on any atom is -0.493 e. The summed E-state index contributed by atoms with van der Waals surface area (Å²) in [6.45, 7) is 0. The number of hydrogen-bond acceptors (Lipinski definition) is 4. The summed E-state index contributed by atoms with van der Waals surface area (Å²) >= 11 is 0. The van der Waals surface area contributed by atoms with Crippen molar-refractivity contribution in [3.63, 3.8) is 0 Å². The predicted octanol–water partition coefficient (Wildman–Crippen LogP) is 3.04. The zero-order valence-electron chi connectivity index (χ0n) is 13.1. The highest BCUT2D eigenvalue weighted by atomic mass is 19.1. The molecular weight excluding hydrogens is 299 g/mol. The summed E-state index contributed by atoms with van der Waals surface area (Å²) in [6, 6.07) is 9.69. The van der Waals surface area contributed by atoms with Gasteiger partial charge in [-0.1, -0.05) is 18.2 Å². The maximum atomic E-state index is 14.1. The Labute approximate surface area is 133 Å². The summed E-state index contributed by atoms with van der Waals surface area (Å²) in [7, 11) is 4.66. The third kappa shape index (κ3) is 2.46. The molecule has 2 aromatic rings. The summed E-state index contributed by atoms with van der Waals surface area (Å²) in [4.78, 5) is 14.1. The fraction of sp³-hybridized carbons (Fsp3) is 0.235. The van der Waals surface area contributed by atoms with E-state index in [0.29, 0.717) is 28.3 Å². The largest absolute Gasteiger partial charge is 0.493 e. The highest BCUT2D eigenvalue weighted by Crippen LogP contribution is 2.39.